The third kappa shape index (κ3) is 4.33. The third-order valence-corrected chi connectivity index (χ3v) is 4.86. The van der Waals surface area contributed by atoms with Crippen LogP contribution in [0.4, 0.5) is 17.2 Å². The standard InChI is InChI=1S/C22H20N6O/c23-16-17-6-8-18(9-7-17)24-21-11-10-20(25-26-21)22(29)28-14-12-27(13-15-28)19-4-2-1-3-5-19/h1-11H,12-15H2,(H,24,26). The van der Waals surface area contributed by atoms with Crippen LogP contribution in [0.2, 0.25) is 0 Å². The van der Waals surface area contributed by atoms with E-state index in [2.05, 4.69) is 38.6 Å². The predicted octanol–water partition coefficient (Wildman–Crippen LogP) is 3.05. The first-order valence-corrected chi connectivity index (χ1v) is 9.43. The molecular weight excluding hydrogens is 364 g/mol. The Morgan fingerprint density at radius 1 is 0.897 bits per heavy atom. The van der Waals surface area contributed by atoms with Gasteiger partial charge in [-0.15, -0.1) is 10.2 Å². The van der Waals surface area contributed by atoms with Gasteiger partial charge in [-0.2, -0.15) is 5.26 Å². The first-order valence-electron chi connectivity index (χ1n) is 9.43. The Bertz CT molecular complexity index is 1000. The molecule has 0 unspecified atom stereocenters. The summed E-state index contributed by atoms with van der Waals surface area (Å²) in [6.07, 6.45) is 0. The number of para-hydroxylation sites is 1. The maximum Gasteiger partial charge on any atom is 0.274 e. The monoisotopic (exact) mass is 384 g/mol. The fourth-order valence-electron chi connectivity index (χ4n) is 3.26. The van der Waals surface area contributed by atoms with Crippen molar-refractivity contribution in [2.45, 2.75) is 0 Å². The summed E-state index contributed by atoms with van der Waals surface area (Å²) in [4.78, 5) is 16.8. The number of carbonyl (C=O) groups is 1. The van der Waals surface area contributed by atoms with Gasteiger partial charge in [-0.25, -0.2) is 0 Å². The van der Waals surface area contributed by atoms with E-state index in [9.17, 15) is 4.79 Å². The number of hydrogen-bond donors (Lipinski definition) is 1. The number of nitrogens with one attached hydrogen (secondary N) is 1. The van der Waals surface area contributed by atoms with Gasteiger partial charge in [-0.3, -0.25) is 4.79 Å². The average Bonchev–Trinajstić information content (AvgIpc) is 2.80. The Labute approximate surface area is 169 Å². The highest BCUT2D eigenvalue weighted by molar-refractivity contribution is 5.92. The molecule has 1 saturated heterocycles. The Balaban J connectivity index is 1.35. The molecule has 2 aromatic carbocycles. The van der Waals surface area contributed by atoms with Crippen LogP contribution in [0.3, 0.4) is 0 Å². The first kappa shape index (κ1) is 18.4. The van der Waals surface area contributed by atoms with E-state index >= 15 is 0 Å². The molecule has 1 aromatic heterocycles. The number of carbonyl (C=O) groups excluding carboxylic acids is 1. The van der Waals surface area contributed by atoms with Crippen molar-refractivity contribution in [3.05, 3.63) is 78.0 Å². The van der Waals surface area contributed by atoms with E-state index in [1.807, 2.05) is 23.1 Å². The minimum atomic E-state index is -0.102. The van der Waals surface area contributed by atoms with E-state index in [4.69, 9.17) is 5.26 Å². The van der Waals surface area contributed by atoms with Gasteiger partial charge in [-0.05, 0) is 48.5 Å². The zero-order valence-corrected chi connectivity index (χ0v) is 15.8. The van der Waals surface area contributed by atoms with Crippen molar-refractivity contribution in [3.8, 4) is 6.07 Å². The molecule has 29 heavy (non-hydrogen) atoms. The van der Waals surface area contributed by atoms with Crippen LogP contribution < -0.4 is 10.2 Å². The van der Waals surface area contributed by atoms with Gasteiger partial charge in [0.1, 0.15) is 0 Å². The molecule has 1 aliphatic rings. The third-order valence-electron chi connectivity index (χ3n) is 4.86. The largest absolute Gasteiger partial charge is 0.368 e. The highest BCUT2D eigenvalue weighted by atomic mass is 16.2. The van der Waals surface area contributed by atoms with Crippen LogP contribution in [0.5, 0.6) is 0 Å². The molecule has 2 heterocycles. The molecule has 0 saturated carbocycles. The number of rotatable bonds is 4. The summed E-state index contributed by atoms with van der Waals surface area (Å²) >= 11 is 0. The number of amides is 1. The summed E-state index contributed by atoms with van der Waals surface area (Å²) in [5, 5.41) is 20.2. The minimum absolute atomic E-state index is 0.102. The average molecular weight is 384 g/mol. The predicted molar refractivity (Wildman–Crippen MR) is 111 cm³/mol. The molecule has 7 nitrogen and oxygen atoms in total. The van der Waals surface area contributed by atoms with Crippen molar-refractivity contribution in [1.29, 1.82) is 5.26 Å². The molecule has 0 bridgehead atoms. The minimum Gasteiger partial charge on any atom is -0.368 e. The lowest BCUT2D eigenvalue weighted by atomic mass is 10.2. The molecule has 1 amide bonds. The van der Waals surface area contributed by atoms with Crippen molar-refractivity contribution >= 4 is 23.1 Å². The highest BCUT2D eigenvalue weighted by Gasteiger charge is 2.23. The fraction of sp³-hybridized carbons (Fsp3) is 0.182. The van der Waals surface area contributed by atoms with Gasteiger partial charge in [-0.1, -0.05) is 18.2 Å². The Morgan fingerprint density at radius 2 is 1.62 bits per heavy atom. The first-order chi connectivity index (χ1) is 14.2. The Kier molecular flexibility index (Phi) is 5.34. The molecule has 3 aromatic rings. The molecule has 0 atom stereocenters. The molecule has 0 spiro atoms. The second-order valence-electron chi connectivity index (χ2n) is 6.73. The molecule has 1 N–H and O–H groups in total. The molecule has 144 valence electrons. The van der Waals surface area contributed by atoms with E-state index in [0.717, 1.165) is 18.8 Å². The van der Waals surface area contributed by atoms with Crippen molar-refractivity contribution in [2.75, 3.05) is 36.4 Å². The number of nitrogens with zero attached hydrogens (tertiary/aromatic N) is 5. The van der Waals surface area contributed by atoms with Crippen LogP contribution in [0.1, 0.15) is 16.1 Å². The quantitative estimate of drug-likeness (QED) is 0.744. The number of benzene rings is 2. The number of hydrogen-bond acceptors (Lipinski definition) is 6. The van der Waals surface area contributed by atoms with Gasteiger partial charge in [0.2, 0.25) is 0 Å². The lowest BCUT2D eigenvalue weighted by molar-refractivity contribution is 0.0739. The molecule has 4 rings (SSSR count). The number of aromatic nitrogens is 2. The van der Waals surface area contributed by atoms with Crippen molar-refractivity contribution in [2.24, 2.45) is 0 Å². The van der Waals surface area contributed by atoms with Crippen LogP contribution in [-0.4, -0.2) is 47.2 Å². The van der Waals surface area contributed by atoms with Crippen molar-refractivity contribution in [3.63, 3.8) is 0 Å². The zero-order chi connectivity index (χ0) is 20.1. The maximum absolute atomic E-state index is 12.7. The van der Waals surface area contributed by atoms with E-state index in [0.29, 0.717) is 30.2 Å². The van der Waals surface area contributed by atoms with E-state index in [1.54, 1.807) is 36.4 Å². The topological polar surface area (TPSA) is 85.2 Å². The smallest absolute Gasteiger partial charge is 0.274 e. The summed E-state index contributed by atoms with van der Waals surface area (Å²) in [7, 11) is 0. The zero-order valence-electron chi connectivity index (χ0n) is 15.8. The van der Waals surface area contributed by atoms with Gasteiger partial charge in [0.15, 0.2) is 11.5 Å². The molecule has 0 aliphatic carbocycles. The molecule has 0 radical (unpaired) electrons. The lowest BCUT2D eigenvalue weighted by Gasteiger charge is -2.35. The van der Waals surface area contributed by atoms with Crippen LogP contribution in [-0.2, 0) is 0 Å². The van der Waals surface area contributed by atoms with Gasteiger partial charge in [0.05, 0.1) is 11.6 Å². The van der Waals surface area contributed by atoms with Gasteiger partial charge in [0, 0.05) is 37.6 Å². The van der Waals surface area contributed by atoms with Crippen LogP contribution in [0.15, 0.2) is 66.7 Å². The number of piperazine rings is 1. The summed E-state index contributed by atoms with van der Waals surface area (Å²) in [6.45, 7) is 2.89. The fourth-order valence-corrected chi connectivity index (χ4v) is 3.26. The summed E-state index contributed by atoms with van der Waals surface area (Å²) in [6, 6.07) is 22.8. The van der Waals surface area contributed by atoms with Crippen molar-refractivity contribution in [1.82, 2.24) is 15.1 Å². The van der Waals surface area contributed by atoms with E-state index < -0.39 is 0 Å². The second kappa shape index (κ2) is 8.40. The molecule has 7 heteroatoms. The van der Waals surface area contributed by atoms with Crippen LogP contribution >= 0.6 is 0 Å². The van der Waals surface area contributed by atoms with Gasteiger partial charge < -0.3 is 15.1 Å². The van der Waals surface area contributed by atoms with Crippen LogP contribution in [0, 0.1) is 11.3 Å². The van der Waals surface area contributed by atoms with Gasteiger partial charge >= 0.3 is 0 Å². The normalized spacial score (nSPS) is 13.6. The van der Waals surface area contributed by atoms with Gasteiger partial charge in [0.25, 0.3) is 5.91 Å². The Morgan fingerprint density at radius 3 is 2.24 bits per heavy atom. The second-order valence-corrected chi connectivity index (χ2v) is 6.73. The summed E-state index contributed by atoms with van der Waals surface area (Å²) in [5.74, 6) is 0.440. The highest BCUT2D eigenvalue weighted by Crippen LogP contribution is 2.18. The molecule has 1 aliphatic heterocycles. The molecule has 1 fully saturated rings. The SMILES string of the molecule is N#Cc1ccc(Nc2ccc(C(=O)N3CCN(c4ccccc4)CC3)nn2)cc1. The summed E-state index contributed by atoms with van der Waals surface area (Å²) < 4.78 is 0. The maximum atomic E-state index is 12.7. The number of anilines is 3. The van der Waals surface area contributed by atoms with E-state index in [-0.39, 0.29) is 5.91 Å². The van der Waals surface area contributed by atoms with Crippen molar-refractivity contribution < 1.29 is 4.79 Å². The Hall–Kier alpha value is -3.92. The summed E-state index contributed by atoms with van der Waals surface area (Å²) in [5.41, 5.74) is 2.91. The van der Waals surface area contributed by atoms with Crippen LogP contribution in [0.25, 0.3) is 0 Å². The van der Waals surface area contributed by atoms with E-state index in [1.165, 1.54) is 5.69 Å². The lowest BCUT2D eigenvalue weighted by Crippen LogP contribution is -2.49. The number of nitriles is 1. The molecular formula is C22H20N6O.